The van der Waals surface area contributed by atoms with Crippen LogP contribution in [-0.2, 0) is 19.1 Å². The quantitative estimate of drug-likeness (QED) is 0.498. The van der Waals surface area contributed by atoms with Gasteiger partial charge in [-0.15, -0.1) is 0 Å². The average Bonchev–Trinajstić information content (AvgIpc) is 3.19. The maximum absolute atomic E-state index is 13.5. The van der Waals surface area contributed by atoms with E-state index in [9.17, 15) is 9.59 Å². The van der Waals surface area contributed by atoms with Crippen LogP contribution >= 0.6 is 11.6 Å². The molecule has 1 aliphatic carbocycles. The number of nitrogens with one attached hydrogen (secondary N) is 1. The van der Waals surface area contributed by atoms with Crippen LogP contribution in [0.15, 0.2) is 63.4 Å². The van der Waals surface area contributed by atoms with E-state index in [1.54, 1.807) is 7.11 Å². The second-order valence-corrected chi connectivity index (χ2v) is 8.52. The molecule has 6 nitrogen and oxygen atoms in total. The molecule has 0 spiro atoms. The third kappa shape index (κ3) is 4.25. The van der Waals surface area contributed by atoms with Crippen molar-refractivity contribution in [2.45, 2.75) is 38.5 Å². The number of allylic oxidation sites excluding steroid dienone is 3. The maximum atomic E-state index is 13.5. The lowest BCUT2D eigenvalue weighted by molar-refractivity contribution is -0.140. The molecule has 0 saturated carbocycles. The minimum atomic E-state index is -0.616. The van der Waals surface area contributed by atoms with Gasteiger partial charge in [-0.1, -0.05) is 29.8 Å². The Labute approximate surface area is 192 Å². The van der Waals surface area contributed by atoms with Crippen molar-refractivity contribution in [3.8, 4) is 0 Å². The van der Waals surface area contributed by atoms with E-state index in [1.807, 2.05) is 50.2 Å². The number of hydrogen-bond donors (Lipinski definition) is 1. The summed E-state index contributed by atoms with van der Waals surface area (Å²) in [6.07, 6.45) is 0.926. The normalized spacial score (nSPS) is 20.8. The fourth-order valence-corrected chi connectivity index (χ4v) is 4.81. The molecule has 1 N–H and O–H groups in total. The SMILES string of the molecule is COCCOC(=O)C1=C(C)NC2=C(C(=O)C[C@H](c3ccccc3Cl)C2)[C@H]1c1ccc(C)o1. The summed E-state index contributed by atoms with van der Waals surface area (Å²) in [5, 5.41) is 3.97. The lowest BCUT2D eigenvalue weighted by atomic mass is 9.73. The number of dihydropyridines is 1. The summed E-state index contributed by atoms with van der Waals surface area (Å²) in [6.45, 7) is 4.08. The number of esters is 1. The van der Waals surface area contributed by atoms with Gasteiger partial charge < -0.3 is 19.2 Å². The molecule has 168 valence electrons. The molecule has 2 aromatic rings. The fraction of sp³-hybridized carbons (Fsp3) is 0.360. The molecule has 4 rings (SSSR count). The summed E-state index contributed by atoms with van der Waals surface area (Å²) in [5.74, 6) is 0.0944. The van der Waals surface area contributed by atoms with Gasteiger partial charge in [-0.05, 0) is 49.9 Å². The van der Waals surface area contributed by atoms with Crippen molar-refractivity contribution >= 4 is 23.4 Å². The van der Waals surface area contributed by atoms with Crippen LogP contribution in [0.1, 0.15) is 48.7 Å². The van der Waals surface area contributed by atoms with Crippen molar-refractivity contribution < 1.29 is 23.5 Å². The summed E-state index contributed by atoms with van der Waals surface area (Å²) >= 11 is 6.42. The first kappa shape index (κ1) is 22.4. The Morgan fingerprint density at radius 3 is 2.62 bits per heavy atom. The van der Waals surface area contributed by atoms with E-state index in [-0.39, 0.29) is 18.3 Å². The molecule has 1 aromatic heterocycles. The van der Waals surface area contributed by atoms with Crippen LogP contribution in [0.3, 0.4) is 0 Å². The molecule has 7 heteroatoms. The molecule has 1 aliphatic heterocycles. The van der Waals surface area contributed by atoms with Gasteiger partial charge in [0, 0.05) is 35.5 Å². The van der Waals surface area contributed by atoms with Gasteiger partial charge in [-0.3, -0.25) is 4.79 Å². The van der Waals surface area contributed by atoms with Crippen LogP contribution in [0.25, 0.3) is 0 Å². The van der Waals surface area contributed by atoms with Gasteiger partial charge in [-0.2, -0.15) is 0 Å². The highest BCUT2D eigenvalue weighted by Crippen LogP contribution is 2.46. The number of ketones is 1. The second-order valence-electron chi connectivity index (χ2n) is 8.12. The van der Waals surface area contributed by atoms with Crippen LogP contribution < -0.4 is 5.32 Å². The molecule has 32 heavy (non-hydrogen) atoms. The number of rotatable bonds is 6. The van der Waals surface area contributed by atoms with Crippen LogP contribution in [0.2, 0.25) is 5.02 Å². The average molecular weight is 456 g/mol. The molecular formula is C25H26ClNO5. The second kappa shape index (κ2) is 9.35. The highest BCUT2D eigenvalue weighted by Gasteiger charge is 2.43. The van der Waals surface area contributed by atoms with Gasteiger partial charge in [-0.25, -0.2) is 4.79 Å². The first-order valence-corrected chi connectivity index (χ1v) is 11.0. The Kier molecular flexibility index (Phi) is 6.53. The monoisotopic (exact) mass is 455 g/mol. The predicted molar refractivity (Wildman–Crippen MR) is 120 cm³/mol. The molecule has 0 radical (unpaired) electrons. The molecule has 2 aliphatic rings. The number of methoxy groups -OCH3 is 1. The Balaban J connectivity index is 1.74. The van der Waals surface area contributed by atoms with E-state index in [4.69, 9.17) is 25.5 Å². The number of halogens is 1. The van der Waals surface area contributed by atoms with Crippen molar-refractivity contribution in [1.29, 1.82) is 0 Å². The van der Waals surface area contributed by atoms with Gasteiger partial charge in [0.1, 0.15) is 18.1 Å². The van der Waals surface area contributed by atoms with Crippen LogP contribution in [0, 0.1) is 6.92 Å². The zero-order valence-corrected chi connectivity index (χ0v) is 19.1. The smallest absolute Gasteiger partial charge is 0.336 e. The molecule has 0 saturated heterocycles. The highest BCUT2D eigenvalue weighted by molar-refractivity contribution is 6.31. The van der Waals surface area contributed by atoms with E-state index in [0.717, 1.165) is 11.3 Å². The van der Waals surface area contributed by atoms with Gasteiger partial charge in [0.2, 0.25) is 0 Å². The lowest BCUT2D eigenvalue weighted by Gasteiger charge is -2.36. The van der Waals surface area contributed by atoms with Crippen LogP contribution in [-0.4, -0.2) is 32.1 Å². The summed E-state index contributed by atoms with van der Waals surface area (Å²) in [4.78, 5) is 26.5. The lowest BCUT2D eigenvalue weighted by Crippen LogP contribution is -2.36. The number of hydrogen-bond acceptors (Lipinski definition) is 6. The van der Waals surface area contributed by atoms with Crippen molar-refractivity contribution in [2.75, 3.05) is 20.3 Å². The predicted octanol–water partition coefficient (Wildman–Crippen LogP) is 4.79. The van der Waals surface area contributed by atoms with Gasteiger partial charge >= 0.3 is 5.97 Å². The zero-order chi connectivity index (χ0) is 22.8. The van der Waals surface area contributed by atoms with E-state index >= 15 is 0 Å². The minimum Gasteiger partial charge on any atom is -0.465 e. The van der Waals surface area contributed by atoms with Gasteiger partial charge in [0.15, 0.2) is 5.78 Å². The third-order valence-electron chi connectivity index (χ3n) is 5.96. The molecule has 1 aromatic carbocycles. The van der Waals surface area contributed by atoms with Gasteiger partial charge in [0.25, 0.3) is 0 Å². The fourth-order valence-electron chi connectivity index (χ4n) is 4.52. The molecule has 2 atom stereocenters. The molecule has 0 unspecified atom stereocenters. The Hall–Kier alpha value is -2.83. The Bertz CT molecular complexity index is 1110. The van der Waals surface area contributed by atoms with Crippen molar-refractivity contribution in [3.05, 3.63) is 81.0 Å². The molecule has 0 fully saturated rings. The molecule has 2 heterocycles. The largest absolute Gasteiger partial charge is 0.465 e. The minimum absolute atomic E-state index is 0.0302. The number of aryl methyl sites for hydroxylation is 1. The topological polar surface area (TPSA) is 77.8 Å². The summed E-state index contributed by atoms with van der Waals surface area (Å²) in [5.41, 5.74) is 3.35. The first-order chi connectivity index (χ1) is 15.4. The number of benzene rings is 1. The zero-order valence-electron chi connectivity index (χ0n) is 18.4. The Morgan fingerprint density at radius 2 is 1.94 bits per heavy atom. The highest BCUT2D eigenvalue weighted by atomic mass is 35.5. The van der Waals surface area contributed by atoms with Gasteiger partial charge in [0.05, 0.1) is 18.1 Å². The number of carbonyl (C=O) groups excluding carboxylic acids is 2. The molecule has 0 bridgehead atoms. The van der Waals surface area contributed by atoms with E-state index in [1.165, 1.54) is 0 Å². The van der Waals surface area contributed by atoms with Crippen molar-refractivity contribution in [3.63, 3.8) is 0 Å². The van der Waals surface area contributed by atoms with Crippen molar-refractivity contribution in [2.24, 2.45) is 0 Å². The maximum Gasteiger partial charge on any atom is 0.336 e. The van der Waals surface area contributed by atoms with E-state index < -0.39 is 11.9 Å². The summed E-state index contributed by atoms with van der Waals surface area (Å²) < 4.78 is 16.3. The summed E-state index contributed by atoms with van der Waals surface area (Å²) in [7, 11) is 1.54. The van der Waals surface area contributed by atoms with Crippen LogP contribution in [0.5, 0.6) is 0 Å². The third-order valence-corrected chi connectivity index (χ3v) is 6.30. The number of ether oxygens (including phenoxy) is 2. The Morgan fingerprint density at radius 1 is 1.16 bits per heavy atom. The molecular weight excluding hydrogens is 430 g/mol. The number of carbonyl (C=O) groups is 2. The first-order valence-electron chi connectivity index (χ1n) is 10.6. The summed E-state index contributed by atoms with van der Waals surface area (Å²) in [6, 6.07) is 11.3. The van der Waals surface area contributed by atoms with E-state index in [0.29, 0.717) is 52.8 Å². The number of Topliss-reactive ketones (excluding diaryl/α,β-unsaturated/α-hetero) is 1. The standard InChI is InChI=1S/C25H26ClNO5/c1-14-8-9-21(32-14)24-22(25(29)31-11-10-30-3)15(2)27-19-12-16(13-20(28)23(19)24)17-6-4-5-7-18(17)26/h4-9,16,24,27H,10-13H2,1-3H3/t16-,24+/m1/s1. The van der Waals surface area contributed by atoms with Crippen molar-refractivity contribution in [1.82, 2.24) is 5.32 Å². The molecule has 0 amide bonds. The van der Waals surface area contributed by atoms with E-state index in [2.05, 4.69) is 5.32 Å². The van der Waals surface area contributed by atoms with Crippen LogP contribution in [0.4, 0.5) is 0 Å². The number of furan rings is 1.